The molecular formula is C16H16BrNO2. The zero-order valence-electron chi connectivity index (χ0n) is 11.7. The minimum atomic E-state index is -0.130. The van der Waals surface area contributed by atoms with E-state index in [1.165, 1.54) is 0 Å². The maximum absolute atomic E-state index is 12.6. The molecule has 0 amide bonds. The van der Waals surface area contributed by atoms with Gasteiger partial charge in [0.25, 0.3) is 0 Å². The van der Waals surface area contributed by atoms with E-state index in [0.29, 0.717) is 22.6 Å². The monoisotopic (exact) mass is 333 g/mol. The Morgan fingerprint density at radius 1 is 1.15 bits per heavy atom. The van der Waals surface area contributed by atoms with Gasteiger partial charge in [0.05, 0.1) is 12.7 Å². The van der Waals surface area contributed by atoms with Crippen molar-refractivity contribution < 1.29 is 9.53 Å². The Balaban J connectivity index is 2.56. The summed E-state index contributed by atoms with van der Waals surface area (Å²) >= 11 is 3.33. The van der Waals surface area contributed by atoms with Gasteiger partial charge in [0, 0.05) is 15.7 Å². The molecule has 0 aliphatic heterocycles. The Hall–Kier alpha value is -1.81. The number of ether oxygens (including phenoxy) is 1. The quantitative estimate of drug-likeness (QED) is 0.684. The Bertz CT molecular complexity index is 680. The maximum atomic E-state index is 12.6. The Morgan fingerprint density at radius 2 is 1.80 bits per heavy atom. The van der Waals surface area contributed by atoms with E-state index in [4.69, 9.17) is 10.5 Å². The molecule has 20 heavy (non-hydrogen) atoms. The van der Waals surface area contributed by atoms with Crippen molar-refractivity contribution in [3.05, 3.63) is 57.1 Å². The Kier molecular flexibility index (Phi) is 4.14. The second-order valence-electron chi connectivity index (χ2n) is 4.65. The summed E-state index contributed by atoms with van der Waals surface area (Å²) in [4.78, 5) is 12.6. The first kappa shape index (κ1) is 14.6. The molecule has 0 atom stereocenters. The van der Waals surface area contributed by atoms with Crippen molar-refractivity contribution in [3.63, 3.8) is 0 Å². The van der Waals surface area contributed by atoms with E-state index >= 15 is 0 Å². The summed E-state index contributed by atoms with van der Waals surface area (Å²) in [7, 11) is 1.57. The summed E-state index contributed by atoms with van der Waals surface area (Å²) in [5.41, 5.74) is 9.44. The summed E-state index contributed by atoms with van der Waals surface area (Å²) in [6.45, 7) is 3.93. The van der Waals surface area contributed by atoms with Gasteiger partial charge < -0.3 is 10.5 Å². The lowest BCUT2D eigenvalue weighted by Gasteiger charge is -2.13. The van der Waals surface area contributed by atoms with E-state index in [-0.39, 0.29) is 5.78 Å². The van der Waals surface area contributed by atoms with Crippen molar-refractivity contribution >= 4 is 27.4 Å². The fourth-order valence-electron chi connectivity index (χ4n) is 2.12. The molecule has 2 aromatic carbocycles. The van der Waals surface area contributed by atoms with Crippen LogP contribution in [0.2, 0.25) is 0 Å². The fourth-order valence-corrected chi connectivity index (χ4v) is 2.50. The van der Waals surface area contributed by atoms with E-state index in [0.717, 1.165) is 15.6 Å². The van der Waals surface area contributed by atoms with Gasteiger partial charge in [-0.25, -0.2) is 0 Å². The molecule has 2 rings (SSSR count). The summed E-state index contributed by atoms with van der Waals surface area (Å²) in [6, 6.07) is 8.94. The largest absolute Gasteiger partial charge is 0.496 e. The van der Waals surface area contributed by atoms with Crippen molar-refractivity contribution in [2.75, 3.05) is 12.8 Å². The van der Waals surface area contributed by atoms with Crippen LogP contribution < -0.4 is 10.5 Å². The van der Waals surface area contributed by atoms with Gasteiger partial charge in [0.15, 0.2) is 5.78 Å². The number of halogens is 1. The molecule has 0 aliphatic rings. The Labute approximate surface area is 126 Å². The summed E-state index contributed by atoms with van der Waals surface area (Å²) in [6.07, 6.45) is 0. The molecular weight excluding hydrogens is 318 g/mol. The summed E-state index contributed by atoms with van der Waals surface area (Å²) in [5.74, 6) is 0.479. The minimum Gasteiger partial charge on any atom is -0.496 e. The first-order chi connectivity index (χ1) is 9.45. The van der Waals surface area contributed by atoms with Crippen LogP contribution in [0.25, 0.3) is 0 Å². The van der Waals surface area contributed by atoms with Crippen molar-refractivity contribution in [1.29, 1.82) is 0 Å². The van der Waals surface area contributed by atoms with Crippen molar-refractivity contribution in [3.8, 4) is 5.75 Å². The van der Waals surface area contributed by atoms with Crippen LogP contribution >= 0.6 is 15.9 Å². The standard InChI is InChI=1S/C16H16BrNO2/c1-9-4-6-13(16(20-3)10(9)2)15(19)12-7-5-11(17)8-14(12)18/h4-8H,18H2,1-3H3. The summed E-state index contributed by atoms with van der Waals surface area (Å²) in [5, 5.41) is 0. The molecule has 2 aromatic rings. The van der Waals surface area contributed by atoms with E-state index in [1.807, 2.05) is 19.9 Å². The number of methoxy groups -OCH3 is 1. The minimum absolute atomic E-state index is 0.130. The highest BCUT2D eigenvalue weighted by Gasteiger charge is 2.19. The number of carbonyl (C=O) groups excluding carboxylic acids is 1. The Morgan fingerprint density at radius 3 is 2.40 bits per heavy atom. The van der Waals surface area contributed by atoms with Crippen LogP contribution in [-0.2, 0) is 0 Å². The van der Waals surface area contributed by atoms with Gasteiger partial charge in [-0.05, 0) is 49.2 Å². The number of anilines is 1. The normalized spacial score (nSPS) is 10.4. The first-order valence-corrected chi connectivity index (χ1v) is 6.99. The zero-order valence-corrected chi connectivity index (χ0v) is 13.2. The first-order valence-electron chi connectivity index (χ1n) is 6.19. The molecule has 0 saturated carbocycles. The predicted octanol–water partition coefficient (Wildman–Crippen LogP) is 3.89. The highest BCUT2D eigenvalue weighted by atomic mass is 79.9. The van der Waals surface area contributed by atoms with Crippen molar-refractivity contribution in [2.45, 2.75) is 13.8 Å². The molecule has 0 fully saturated rings. The fraction of sp³-hybridized carbons (Fsp3) is 0.188. The van der Waals surface area contributed by atoms with Crippen molar-refractivity contribution in [1.82, 2.24) is 0 Å². The lowest BCUT2D eigenvalue weighted by atomic mass is 9.97. The molecule has 0 radical (unpaired) electrons. The van der Waals surface area contributed by atoms with Gasteiger partial charge in [-0.3, -0.25) is 4.79 Å². The molecule has 0 heterocycles. The zero-order chi connectivity index (χ0) is 14.9. The molecule has 0 saturated heterocycles. The van der Waals surface area contributed by atoms with Crippen LogP contribution in [0, 0.1) is 13.8 Å². The average molecular weight is 334 g/mol. The van der Waals surface area contributed by atoms with Crippen LogP contribution in [-0.4, -0.2) is 12.9 Å². The van der Waals surface area contributed by atoms with E-state index in [1.54, 1.807) is 31.4 Å². The van der Waals surface area contributed by atoms with E-state index < -0.39 is 0 Å². The number of ketones is 1. The number of rotatable bonds is 3. The third-order valence-electron chi connectivity index (χ3n) is 3.38. The number of carbonyl (C=O) groups is 1. The number of aryl methyl sites for hydroxylation is 1. The second kappa shape index (κ2) is 5.67. The third kappa shape index (κ3) is 2.56. The van der Waals surface area contributed by atoms with E-state index in [9.17, 15) is 4.79 Å². The van der Waals surface area contributed by atoms with Crippen LogP contribution in [0.4, 0.5) is 5.69 Å². The molecule has 104 valence electrons. The molecule has 3 nitrogen and oxygen atoms in total. The highest BCUT2D eigenvalue weighted by molar-refractivity contribution is 9.10. The number of hydrogen-bond donors (Lipinski definition) is 1. The average Bonchev–Trinajstić information content (AvgIpc) is 2.41. The van der Waals surface area contributed by atoms with Gasteiger partial charge in [-0.15, -0.1) is 0 Å². The highest BCUT2D eigenvalue weighted by Crippen LogP contribution is 2.30. The van der Waals surface area contributed by atoms with E-state index in [2.05, 4.69) is 15.9 Å². The molecule has 0 aromatic heterocycles. The SMILES string of the molecule is COc1c(C(=O)c2ccc(Br)cc2N)ccc(C)c1C. The topological polar surface area (TPSA) is 52.3 Å². The van der Waals surface area contributed by atoms with Gasteiger partial charge in [0.1, 0.15) is 5.75 Å². The molecule has 0 spiro atoms. The number of benzene rings is 2. The molecule has 0 aliphatic carbocycles. The number of nitrogens with two attached hydrogens (primary N) is 1. The molecule has 2 N–H and O–H groups in total. The number of hydrogen-bond acceptors (Lipinski definition) is 3. The van der Waals surface area contributed by atoms with Crippen LogP contribution in [0.3, 0.4) is 0 Å². The van der Waals surface area contributed by atoms with Crippen LogP contribution in [0.1, 0.15) is 27.0 Å². The molecule has 4 heteroatoms. The number of nitrogen functional groups attached to an aromatic ring is 1. The lowest BCUT2D eigenvalue weighted by molar-refractivity contribution is 0.103. The molecule has 0 bridgehead atoms. The molecule has 0 unspecified atom stereocenters. The van der Waals surface area contributed by atoms with Crippen LogP contribution in [0.5, 0.6) is 5.75 Å². The van der Waals surface area contributed by atoms with Gasteiger partial charge in [-0.1, -0.05) is 22.0 Å². The van der Waals surface area contributed by atoms with Gasteiger partial charge >= 0.3 is 0 Å². The third-order valence-corrected chi connectivity index (χ3v) is 3.88. The van der Waals surface area contributed by atoms with Crippen molar-refractivity contribution in [2.24, 2.45) is 0 Å². The second-order valence-corrected chi connectivity index (χ2v) is 5.56. The predicted molar refractivity (Wildman–Crippen MR) is 84.5 cm³/mol. The van der Waals surface area contributed by atoms with Crippen LogP contribution in [0.15, 0.2) is 34.8 Å². The van der Waals surface area contributed by atoms with Gasteiger partial charge in [-0.2, -0.15) is 0 Å². The smallest absolute Gasteiger partial charge is 0.198 e. The summed E-state index contributed by atoms with van der Waals surface area (Å²) < 4.78 is 6.24. The lowest BCUT2D eigenvalue weighted by Crippen LogP contribution is -2.08. The van der Waals surface area contributed by atoms with Gasteiger partial charge in [0.2, 0.25) is 0 Å². The maximum Gasteiger partial charge on any atom is 0.198 e.